The molecular weight excluding hydrogens is 294 g/mol. The third kappa shape index (κ3) is 3.57. The van der Waals surface area contributed by atoms with Crippen molar-refractivity contribution in [3.05, 3.63) is 30.1 Å². The summed E-state index contributed by atoms with van der Waals surface area (Å²) in [5.74, 6) is 0.802. The minimum absolute atomic E-state index is 0.0190. The number of hydrogen-bond acceptors (Lipinski definition) is 7. The van der Waals surface area contributed by atoms with Gasteiger partial charge in [0.25, 0.3) is 10.0 Å². The lowest BCUT2D eigenvalue weighted by Gasteiger charge is -2.08. The van der Waals surface area contributed by atoms with Gasteiger partial charge in [-0.25, -0.2) is 23.1 Å². The molecule has 0 unspecified atom stereocenters. The molecule has 0 radical (unpaired) electrons. The molecule has 0 aliphatic heterocycles. The quantitative estimate of drug-likeness (QED) is 0.849. The van der Waals surface area contributed by atoms with E-state index in [2.05, 4.69) is 25.0 Å². The van der Waals surface area contributed by atoms with Gasteiger partial charge in [0.2, 0.25) is 11.8 Å². The Bertz CT molecular complexity index is 731. The summed E-state index contributed by atoms with van der Waals surface area (Å²) < 4.78 is 31.7. The van der Waals surface area contributed by atoms with E-state index in [1.165, 1.54) is 19.4 Å². The lowest BCUT2D eigenvalue weighted by Crippen LogP contribution is -2.16. The summed E-state index contributed by atoms with van der Waals surface area (Å²) in [4.78, 5) is 11.9. The molecule has 2 aromatic rings. The number of hydrogen-bond donors (Lipinski definition) is 2. The Hall–Kier alpha value is -2.42. The van der Waals surface area contributed by atoms with Gasteiger partial charge in [-0.15, -0.1) is 0 Å². The van der Waals surface area contributed by atoms with E-state index in [-0.39, 0.29) is 16.7 Å². The summed E-state index contributed by atoms with van der Waals surface area (Å²) >= 11 is 0. The van der Waals surface area contributed by atoms with E-state index in [9.17, 15) is 8.42 Å². The fourth-order valence-electron chi connectivity index (χ4n) is 1.56. The number of aryl methyl sites for hydroxylation is 1. The Kier molecular flexibility index (Phi) is 4.22. The highest BCUT2D eigenvalue weighted by Gasteiger charge is 2.17. The van der Waals surface area contributed by atoms with Crippen LogP contribution in [0.5, 0.6) is 5.88 Å². The minimum Gasteiger partial charge on any atom is -0.481 e. The minimum atomic E-state index is -3.80. The topological polar surface area (TPSA) is 106 Å². The second kappa shape index (κ2) is 5.92. The van der Waals surface area contributed by atoms with Gasteiger partial charge in [-0.1, -0.05) is 0 Å². The molecular formula is C12H15N5O3S. The number of nitrogens with one attached hydrogen (secondary N) is 2. The normalized spacial score (nSPS) is 11.0. The number of sulfonamides is 1. The number of rotatable bonds is 5. The van der Waals surface area contributed by atoms with Crippen molar-refractivity contribution in [1.82, 2.24) is 15.0 Å². The van der Waals surface area contributed by atoms with Gasteiger partial charge < -0.3 is 10.1 Å². The first-order chi connectivity index (χ1) is 9.94. The summed E-state index contributed by atoms with van der Waals surface area (Å²) in [6.45, 7) is 1.71. The number of aromatic nitrogens is 3. The monoisotopic (exact) mass is 309 g/mol. The lowest BCUT2D eigenvalue weighted by molar-refractivity contribution is 0.397. The molecule has 2 heterocycles. The summed E-state index contributed by atoms with van der Waals surface area (Å²) in [6, 6.07) is 4.60. The van der Waals surface area contributed by atoms with Crippen LogP contribution in [0.2, 0.25) is 0 Å². The largest absolute Gasteiger partial charge is 0.481 e. The highest BCUT2D eigenvalue weighted by molar-refractivity contribution is 7.92. The van der Waals surface area contributed by atoms with Crippen LogP contribution in [0.4, 0.5) is 11.8 Å². The Labute approximate surface area is 122 Å². The van der Waals surface area contributed by atoms with Gasteiger partial charge in [0.1, 0.15) is 10.7 Å². The highest BCUT2D eigenvalue weighted by atomic mass is 32.2. The Morgan fingerprint density at radius 1 is 1.24 bits per heavy atom. The summed E-state index contributed by atoms with van der Waals surface area (Å²) in [5.41, 5.74) is 0.586. The van der Waals surface area contributed by atoms with Crippen LogP contribution < -0.4 is 14.8 Å². The van der Waals surface area contributed by atoms with Crippen molar-refractivity contribution in [3.63, 3.8) is 0 Å². The molecule has 9 heteroatoms. The van der Waals surface area contributed by atoms with Crippen LogP contribution in [0, 0.1) is 6.92 Å². The van der Waals surface area contributed by atoms with E-state index in [1.807, 2.05) is 0 Å². The van der Waals surface area contributed by atoms with Crippen LogP contribution in [0.25, 0.3) is 0 Å². The average Bonchev–Trinajstić information content (AvgIpc) is 2.46. The van der Waals surface area contributed by atoms with E-state index in [0.29, 0.717) is 11.5 Å². The first kappa shape index (κ1) is 15.0. The van der Waals surface area contributed by atoms with Crippen molar-refractivity contribution >= 4 is 21.8 Å². The Morgan fingerprint density at radius 3 is 2.57 bits per heavy atom. The maximum atomic E-state index is 12.2. The van der Waals surface area contributed by atoms with Gasteiger partial charge in [-0.2, -0.15) is 4.98 Å². The molecule has 2 N–H and O–H groups in total. The van der Waals surface area contributed by atoms with Gasteiger partial charge in [0.05, 0.1) is 7.11 Å². The molecule has 2 aromatic heterocycles. The zero-order chi connectivity index (χ0) is 15.5. The molecule has 112 valence electrons. The first-order valence-corrected chi connectivity index (χ1v) is 7.49. The van der Waals surface area contributed by atoms with E-state index >= 15 is 0 Å². The molecule has 0 atom stereocenters. The fourth-order valence-corrected chi connectivity index (χ4v) is 2.44. The summed E-state index contributed by atoms with van der Waals surface area (Å²) in [6.07, 6.45) is 1.25. The van der Waals surface area contributed by atoms with Crippen molar-refractivity contribution in [1.29, 1.82) is 0 Å². The van der Waals surface area contributed by atoms with Gasteiger partial charge in [-0.05, 0) is 19.1 Å². The summed E-state index contributed by atoms with van der Waals surface area (Å²) in [7, 11) is -0.660. The predicted molar refractivity (Wildman–Crippen MR) is 77.9 cm³/mol. The molecule has 0 fully saturated rings. The van der Waals surface area contributed by atoms with Crippen LogP contribution in [-0.2, 0) is 10.0 Å². The first-order valence-electron chi connectivity index (χ1n) is 6.01. The van der Waals surface area contributed by atoms with Crippen LogP contribution in [-0.4, -0.2) is 37.5 Å². The Balaban J connectivity index is 2.30. The van der Waals surface area contributed by atoms with Gasteiger partial charge in [0, 0.05) is 25.0 Å². The highest BCUT2D eigenvalue weighted by Crippen LogP contribution is 2.16. The molecule has 0 saturated carbocycles. The van der Waals surface area contributed by atoms with Crippen molar-refractivity contribution < 1.29 is 13.2 Å². The number of ether oxygens (including phenoxy) is 1. The van der Waals surface area contributed by atoms with E-state index in [1.54, 1.807) is 26.1 Å². The smallest absolute Gasteiger partial charge is 0.265 e. The van der Waals surface area contributed by atoms with E-state index in [4.69, 9.17) is 4.74 Å². The van der Waals surface area contributed by atoms with Crippen molar-refractivity contribution in [2.45, 2.75) is 11.8 Å². The molecule has 8 nitrogen and oxygen atoms in total. The van der Waals surface area contributed by atoms with Crippen molar-refractivity contribution in [2.24, 2.45) is 0 Å². The van der Waals surface area contributed by atoms with Crippen molar-refractivity contribution in [2.75, 3.05) is 24.2 Å². The molecule has 21 heavy (non-hydrogen) atoms. The predicted octanol–water partition coefficient (Wildman–Crippen LogP) is 1.03. The van der Waals surface area contributed by atoms with Crippen LogP contribution in [0.3, 0.4) is 0 Å². The zero-order valence-corrected chi connectivity index (χ0v) is 12.6. The maximum absolute atomic E-state index is 12.2. The van der Waals surface area contributed by atoms with E-state index < -0.39 is 10.0 Å². The number of anilines is 2. The SMILES string of the molecule is CNc1ccc(S(=O)(=O)Nc2nc(C)cc(OC)n2)cn1. The standard InChI is InChI=1S/C12H15N5O3S/c1-8-6-11(20-3)16-12(15-8)17-21(18,19)9-4-5-10(13-2)14-7-9/h4-7H,1-3H3,(H,13,14)(H,15,16,17). The molecule has 0 bridgehead atoms. The lowest BCUT2D eigenvalue weighted by atomic mass is 10.4. The third-order valence-corrected chi connectivity index (χ3v) is 3.88. The summed E-state index contributed by atoms with van der Waals surface area (Å²) in [5, 5.41) is 2.81. The third-order valence-electron chi connectivity index (χ3n) is 2.57. The molecule has 0 spiro atoms. The number of nitrogens with zero attached hydrogens (tertiary/aromatic N) is 3. The van der Waals surface area contributed by atoms with Gasteiger partial charge >= 0.3 is 0 Å². The maximum Gasteiger partial charge on any atom is 0.265 e. The van der Waals surface area contributed by atoms with Crippen LogP contribution in [0.1, 0.15) is 5.69 Å². The zero-order valence-electron chi connectivity index (χ0n) is 11.8. The van der Waals surface area contributed by atoms with Crippen LogP contribution in [0.15, 0.2) is 29.3 Å². The average molecular weight is 309 g/mol. The van der Waals surface area contributed by atoms with Crippen molar-refractivity contribution in [3.8, 4) is 5.88 Å². The number of methoxy groups -OCH3 is 1. The fraction of sp³-hybridized carbons (Fsp3) is 0.250. The molecule has 0 aromatic carbocycles. The van der Waals surface area contributed by atoms with E-state index in [0.717, 1.165) is 0 Å². The molecule has 0 saturated heterocycles. The second-order valence-corrected chi connectivity index (χ2v) is 5.79. The molecule has 0 aliphatic rings. The molecule has 0 amide bonds. The Morgan fingerprint density at radius 2 is 2.00 bits per heavy atom. The molecule has 2 rings (SSSR count). The van der Waals surface area contributed by atoms with Crippen LogP contribution >= 0.6 is 0 Å². The second-order valence-electron chi connectivity index (χ2n) is 4.11. The van der Waals surface area contributed by atoms with Gasteiger partial charge in [0.15, 0.2) is 0 Å². The number of pyridine rings is 1. The van der Waals surface area contributed by atoms with Gasteiger partial charge in [-0.3, -0.25) is 0 Å². The molecule has 0 aliphatic carbocycles.